The second-order valence-electron chi connectivity index (χ2n) is 5.88. The molecule has 4 rings (SSSR count). The summed E-state index contributed by atoms with van der Waals surface area (Å²) in [6.07, 6.45) is 0.909. The van der Waals surface area contributed by atoms with E-state index in [1.54, 1.807) is 10.6 Å². The summed E-state index contributed by atoms with van der Waals surface area (Å²) in [4.78, 5) is 16.8. The topological polar surface area (TPSA) is 70.2 Å². The van der Waals surface area contributed by atoms with Crippen LogP contribution in [-0.4, -0.2) is 27.9 Å². The smallest absolute Gasteiger partial charge is 0.251 e. The third kappa shape index (κ3) is 2.55. The Kier molecular flexibility index (Phi) is 3.46. The molecule has 6 nitrogen and oxygen atoms in total. The van der Waals surface area contributed by atoms with Crippen molar-refractivity contribution in [2.24, 2.45) is 0 Å². The molecule has 6 heteroatoms. The lowest BCUT2D eigenvalue weighted by atomic mass is 10.1. The van der Waals surface area contributed by atoms with Crippen LogP contribution in [0.3, 0.4) is 0 Å². The second kappa shape index (κ2) is 5.62. The minimum absolute atomic E-state index is 0.0647. The molecule has 0 aliphatic carbocycles. The zero-order valence-corrected chi connectivity index (χ0v) is 12.9. The molecule has 0 bridgehead atoms. The average molecular weight is 311 g/mol. The van der Waals surface area contributed by atoms with Gasteiger partial charge in [-0.05, 0) is 25.0 Å². The Bertz CT molecular complexity index is 907. The van der Waals surface area contributed by atoms with Gasteiger partial charge in [0.1, 0.15) is 6.54 Å². The number of fused-ring (bicyclic) bond motifs is 1. The maximum absolute atomic E-state index is 12.4. The number of aryl methyl sites for hydroxylation is 1. The van der Waals surface area contributed by atoms with Gasteiger partial charge in [-0.15, -0.1) is 0 Å². The lowest BCUT2D eigenvalue weighted by molar-refractivity contribution is 0.192. The first-order chi connectivity index (χ1) is 11.2. The number of ether oxygens (including phenoxy) is 1. The molecule has 2 aromatic heterocycles. The fourth-order valence-electron chi connectivity index (χ4n) is 3.04. The quantitative estimate of drug-likeness (QED) is 0.742. The molecule has 23 heavy (non-hydrogen) atoms. The van der Waals surface area contributed by atoms with E-state index in [-0.39, 0.29) is 18.0 Å². The maximum Gasteiger partial charge on any atom is 0.251 e. The van der Waals surface area contributed by atoms with E-state index in [1.807, 2.05) is 31.2 Å². The van der Waals surface area contributed by atoms with Crippen LogP contribution in [0.2, 0.25) is 0 Å². The Hall–Kier alpha value is -2.47. The van der Waals surface area contributed by atoms with Gasteiger partial charge in [-0.1, -0.05) is 23.4 Å². The van der Waals surface area contributed by atoms with Crippen molar-refractivity contribution in [1.29, 1.82) is 0 Å². The van der Waals surface area contributed by atoms with Gasteiger partial charge in [0, 0.05) is 24.0 Å². The summed E-state index contributed by atoms with van der Waals surface area (Å²) in [6.45, 7) is 3.59. The van der Waals surface area contributed by atoms with Gasteiger partial charge in [-0.2, -0.15) is 4.98 Å². The average Bonchev–Trinajstić information content (AvgIpc) is 3.22. The van der Waals surface area contributed by atoms with Crippen molar-refractivity contribution >= 4 is 10.9 Å². The number of nitrogens with zero attached hydrogens (tertiary/aromatic N) is 3. The molecule has 118 valence electrons. The molecule has 0 unspecified atom stereocenters. The van der Waals surface area contributed by atoms with E-state index in [1.165, 1.54) is 0 Å². The predicted molar refractivity (Wildman–Crippen MR) is 84.5 cm³/mol. The Balaban J connectivity index is 1.72. The van der Waals surface area contributed by atoms with Crippen LogP contribution in [0, 0.1) is 6.92 Å². The molecule has 3 aromatic rings. The van der Waals surface area contributed by atoms with Gasteiger partial charge in [0.15, 0.2) is 5.82 Å². The van der Waals surface area contributed by atoms with E-state index >= 15 is 0 Å². The number of hydrogen-bond acceptors (Lipinski definition) is 5. The van der Waals surface area contributed by atoms with Crippen molar-refractivity contribution in [1.82, 2.24) is 14.7 Å². The number of benzene rings is 1. The normalized spacial score (nSPS) is 17.9. The van der Waals surface area contributed by atoms with Gasteiger partial charge in [0.25, 0.3) is 5.56 Å². The first kappa shape index (κ1) is 14.1. The largest absolute Gasteiger partial charge is 0.381 e. The van der Waals surface area contributed by atoms with E-state index < -0.39 is 0 Å². The summed E-state index contributed by atoms with van der Waals surface area (Å²) >= 11 is 0. The third-order valence-corrected chi connectivity index (χ3v) is 4.30. The van der Waals surface area contributed by atoms with Crippen molar-refractivity contribution in [2.45, 2.75) is 25.8 Å². The molecular formula is C17H17N3O3. The fraction of sp³-hybridized carbons (Fsp3) is 0.353. The highest BCUT2D eigenvalue weighted by Gasteiger charge is 2.23. The molecule has 0 saturated carbocycles. The van der Waals surface area contributed by atoms with Crippen LogP contribution in [-0.2, 0) is 11.3 Å². The van der Waals surface area contributed by atoms with Gasteiger partial charge in [0.05, 0.1) is 12.1 Å². The standard InChI is InChI=1S/C17H17N3O3/c1-11-8-16(21)20(14-5-3-2-4-13(11)14)9-15-18-17(19-23-15)12-6-7-22-10-12/h2-5,8,12H,6-7,9-10H2,1H3/t12-/m1/s1. The number of hydrogen-bond donors (Lipinski definition) is 0. The number of para-hydroxylation sites is 1. The van der Waals surface area contributed by atoms with E-state index in [2.05, 4.69) is 10.1 Å². The van der Waals surface area contributed by atoms with Crippen molar-refractivity contribution < 1.29 is 9.26 Å². The summed E-state index contributed by atoms with van der Waals surface area (Å²) < 4.78 is 12.4. The van der Waals surface area contributed by atoms with Crippen molar-refractivity contribution in [3.63, 3.8) is 0 Å². The number of pyridine rings is 1. The second-order valence-corrected chi connectivity index (χ2v) is 5.88. The molecule has 1 atom stereocenters. The van der Waals surface area contributed by atoms with E-state index in [4.69, 9.17) is 9.26 Å². The third-order valence-electron chi connectivity index (χ3n) is 4.30. The number of rotatable bonds is 3. The fourth-order valence-corrected chi connectivity index (χ4v) is 3.04. The van der Waals surface area contributed by atoms with E-state index in [9.17, 15) is 4.79 Å². The van der Waals surface area contributed by atoms with Gasteiger partial charge in [-0.25, -0.2) is 0 Å². The summed E-state index contributed by atoms with van der Waals surface area (Å²) in [6, 6.07) is 9.48. The summed E-state index contributed by atoms with van der Waals surface area (Å²) in [5, 5.41) is 5.09. The highest BCUT2D eigenvalue weighted by molar-refractivity contribution is 5.82. The Labute approximate surface area is 132 Å². The summed E-state index contributed by atoms with van der Waals surface area (Å²) in [7, 11) is 0. The minimum atomic E-state index is -0.0647. The van der Waals surface area contributed by atoms with E-state index in [0.29, 0.717) is 18.3 Å². The van der Waals surface area contributed by atoms with Crippen LogP contribution in [0.25, 0.3) is 10.9 Å². The van der Waals surface area contributed by atoms with Crippen LogP contribution >= 0.6 is 0 Å². The van der Waals surface area contributed by atoms with Crippen LogP contribution in [0.5, 0.6) is 0 Å². The maximum atomic E-state index is 12.4. The monoisotopic (exact) mass is 311 g/mol. The Morgan fingerprint density at radius 1 is 1.35 bits per heavy atom. The minimum Gasteiger partial charge on any atom is -0.381 e. The lowest BCUT2D eigenvalue weighted by Gasteiger charge is -2.09. The van der Waals surface area contributed by atoms with E-state index in [0.717, 1.165) is 29.5 Å². The first-order valence-corrected chi connectivity index (χ1v) is 7.72. The van der Waals surface area contributed by atoms with Crippen LogP contribution in [0.15, 0.2) is 39.6 Å². The van der Waals surface area contributed by atoms with Crippen molar-refractivity contribution in [3.05, 3.63) is 58.0 Å². The van der Waals surface area contributed by atoms with Crippen molar-refractivity contribution in [2.75, 3.05) is 13.2 Å². The highest BCUT2D eigenvalue weighted by Crippen LogP contribution is 2.23. The molecule has 1 aliphatic rings. The van der Waals surface area contributed by atoms with Crippen molar-refractivity contribution in [3.8, 4) is 0 Å². The predicted octanol–water partition coefficient (Wildman–Crippen LogP) is 2.25. The van der Waals surface area contributed by atoms with Gasteiger partial charge < -0.3 is 9.26 Å². The highest BCUT2D eigenvalue weighted by atomic mass is 16.5. The van der Waals surface area contributed by atoms with Gasteiger partial charge in [-0.3, -0.25) is 9.36 Å². The molecule has 0 radical (unpaired) electrons. The lowest BCUT2D eigenvalue weighted by Crippen LogP contribution is -2.21. The zero-order chi connectivity index (χ0) is 15.8. The van der Waals surface area contributed by atoms with Crippen LogP contribution in [0.1, 0.15) is 29.6 Å². The summed E-state index contributed by atoms with van der Waals surface area (Å²) in [5.74, 6) is 1.31. The number of aromatic nitrogens is 3. The summed E-state index contributed by atoms with van der Waals surface area (Å²) in [5.41, 5.74) is 1.78. The molecule has 1 saturated heterocycles. The van der Waals surface area contributed by atoms with Crippen LogP contribution < -0.4 is 5.56 Å². The molecule has 0 spiro atoms. The molecule has 0 N–H and O–H groups in total. The Morgan fingerprint density at radius 3 is 3.04 bits per heavy atom. The zero-order valence-electron chi connectivity index (χ0n) is 12.9. The SMILES string of the molecule is Cc1cc(=O)n(Cc2nc([C@@H]3CCOC3)no2)c2ccccc12. The first-order valence-electron chi connectivity index (χ1n) is 7.72. The molecule has 1 aromatic carbocycles. The van der Waals surface area contributed by atoms with Crippen LogP contribution in [0.4, 0.5) is 0 Å². The van der Waals surface area contributed by atoms with Gasteiger partial charge in [0.2, 0.25) is 5.89 Å². The molecular weight excluding hydrogens is 294 g/mol. The Morgan fingerprint density at radius 2 is 2.22 bits per heavy atom. The molecule has 3 heterocycles. The molecule has 1 fully saturated rings. The molecule has 0 amide bonds. The molecule has 1 aliphatic heterocycles. The van der Waals surface area contributed by atoms with Gasteiger partial charge >= 0.3 is 0 Å².